The number of hydrogen-bond donors (Lipinski definition) is 1. The van der Waals surface area contributed by atoms with E-state index in [4.69, 9.17) is 11.6 Å². The SMILES string of the molecule is CCCCc1ccc(NC(=O)CSc2nc(-c3ccccc3Cl)ns2)cc1. The molecule has 0 bridgehead atoms. The molecule has 27 heavy (non-hydrogen) atoms. The molecule has 0 fully saturated rings. The average molecular weight is 418 g/mol. The zero-order valence-electron chi connectivity index (χ0n) is 14.9. The quantitative estimate of drug-likeness (QED) is 0.461. The van der Waals surface area contributed by atoms with Crippen molar-refractivity contribution in [1.82, 2.24) is 9.36 Å². The zero-order chi connectivity index (χ0) is 19.1. The fourth-order valence-corrected chi connectivity index (χ4v) is 4.11. The fourth-order valence-electron chi connectivity index (χ4n) is 2.48. The predicted octanol–water partition coefficient (Wildman–Crippen LogP) is 5.93. The largest absolute Gasteiger partial charge is 0.325 e. The molecule has 1 N–H and O–H groups in total. The van der Waals surface area contributed by atoms with Crippen molar-refractivity contribution in [1.29, 1.82) is 0 Å². The van der Waals surface area contributed by atoms with E-state index in [-0.39, 0.29) is 11.7 Å². The lowest BCUT2D eigenvalue weighted by Gasteiger charge is -2.06. The number of rotatable bonds is 8. The van der Waals surface area contributed by atoms with Crippen molar-refractivity contribution in [3.8, 4) is 11.4 Å². The lowest BCUT2D eigenvalue weighted by atomic mass is 10.1. The molecule has 0 spiro atoms. The Balaban J connectivity index is 1.51. The summed E-state index contributed by atoms with van der Waals surface area (Å²) < 4.78 is 5.08. The number of nitrogens with one attached hydrogen (secondary N) is 1. The molecule has 2 aromatic carbocycles. The Bertz CT molecular complexity index is 896. The molecule has 140 valence electrons. The first kappa shape index (κ1) is 19.9. The number of amides is 1. The van der Waals surface area contributed by atoms with Crippen LogP contribution in [0.15, 0.2) is 52.9 Å². The van der Waals surface area contributed by atoms with Crippen LogP contribution in [0.1, 0.15) is 25.3 Å². The van der Waals surface area contributed by atoms with Gasteiger partial charge in [0.1, 0.15) is 0 Å². The minimum atomic E-state index is -0.0594. The number of aromatic nitrogens is 2. The highest BCUT2D eigenvalue weighted by molar-refractivity contribution is 8.01. The van der Waals surface area contributed by atoms with Gasteiger partial charge in [-0.3, -0.25) is 4.79 Å². The van der Waals surface area contributed by atoms with Crippen molar-refractivity contribution in [2.24, 2.45) is 0 Å². The molecular weight excluding hydrogens is 398 g/mol. The van der Waals surface area contributed by atoms with E-state index < -0.39 is 0 Å². The molecule has 0 aliphatic heterocycles. The van der Waals surface area contributed by atoms with Crippen molar-refractivity contribution >= 4 is 46.5 Å². The van der Waals surface area contributed by atoms with Crippen LogP contribution in [0.3, 0.4) is 0 Å². The van der Waals surface area contributed by atoms with Gasteiger partial charge in [0.05, 0.1) is 10.8 Å². The van der Waals surface area contributed by atoms with Crippen molar-refractivity contribution in [2.75, 3.05) is 11.1 Å². The first-order valence-electron chi connectivity index (χ1n) is 8.76. The van der Waals surface area contributed by atoms with E-state index in [2.05, 4.69) is 33.7 Å². The molecular formula is C20H20ClN3OS2. The molecule has 0 saturated heterocycles. The van der Waals surface area contributed by atoms with Gasteiger partial charge in [-0.1, -0.05) is 61.0 Å². The molecule has 0 aliphatic carbocycles. The second-order valence-corrected chi connectivity index (χ2v) is 8.38. The maximum Gasteiger partial charge on any atom is 0.234 e. The summed E-state index contributed by atoms with van der Waals surface area (Å²) >= 11 is 8.83. The number of carbonyl (C=O) groups is 1. The summed E-state index contributed by atoms with van der Waals surface area (Å²) in [5.74, 6) is 0.821. The van der Waals surface area contributed by atoms with E-state index in [9.17, 15) is 4.79 Å². The van der Waals surface area contributed by atoms with Gasteiger partial charge in [-0.05, 0) is 54.2 Å². The first-order valence-corrected chi connectivity index (χ1v) is 10.9. The predicted molar refractivity (Wildman–Crippen MR) is 115 cm³/mol. The van der Waals surface area contributed by atoms with Crippen LogP contribution in [-0.2, 0) is 11.2 Å². The molecule has 1 amide bonds. The summed E-state index contributed by atoms with van der Waals surface area (Å²) in [5.41, 5.74) is 2.91. The van der Waals surface area contributed by atoms with Gasteiger partial charge in [-0.25, -0.2) is 4.98 Å². The summed E-state index contributed by atoms with van der Waals surface area (Å²) in [6.07, 6.45) is 3.44. The molecule has 0 aliphatic rings. The molecule has 3 aromatic rings. The van der Waals surface area contributed by atoms with Crippen molar-refractivity contribution in [3.63, 3.8) is 0 Å². The lowest BCUT2D eigenvalue weighted by molar-refractivity contribution is -0.113. The Morgan fingerprint density at radius 2 is 1.96 bits per heavy atom. The summed E-state index contributed by atoms with van der Waals surface area (Å²) in [6, 6.07) is 15.5. The fraction of sp³-hybridized carbons (Fsp3) is 0.250. The Morgan fingerprint density at radius 3 is 2.70 bits per heavy atom. The first-order chi connectivity index (χ1) is 13.2. The topological polar surface area (TPSA) is 54.9 Å². The second kappa shape index (κ2) is 9.88. The molecule has 0 radical (unpaired) electrons. The van der Waals surface area contributed by atoms with E-state index >= 15 is 0 Å². The van der Waals surface area contributed by atoms with Gasteiger partial charge >= 0.3 is 0 Å². The maximum atomic E-state index is 12.2. The Labute approximate surface area is 172 Å². The summed E-state index contributed by atoms with van der Waals surface area (Å²) in [5, 5.41) is 3.54. The molecule has 1 aromatic heterocycles. The number of benzene rings is 2. The van der Waals surface area contributed by atoms with Gasteiger partial charge in [-0.15, -0.1) is 0 Å². The third-order valence-electron chi connectivity index (χ3n) is 3.91. The van der Waals surface area contributed by atoms with Crippen molar-refractivity contribution in [2.45, 2.75) is 30.5 Å². The normalized spacial score (nSPS) is 10.7. The average Bonchev–Trinajstić information content (AvgIpc) is 3.15. The van der Waals surface area contributed by atoms with Gasteiger partial charge in [0.25, 0.3) is 0 Å². The number of halogens is 1. The van der Waals surface area contributed by atoms with Crippen LogP contribution < -0.4 is 5.32 Å². The number of nitrogens with zero attached hydrogens (tertiary/aromatic N) is 2. The number of unbranched alkanes of at least 4 members (excludes halogenated alkanes) is 1. The molecule has 0 unspecified atom stereocenters. The van der Waals surface area contributed by atoms with Crippen LogP contribution in [0.4, 0.5) is 5.69 Å². The van der Waals surface area contributed by atoms with Crippen LogP contribution >= 0.6 is 34.9 Å². The number of aryl methyl sites for hydroxylation is 1. The number of carbonyl (C=O) groups excluding carboxylic acids is 1. The van der Waals surface area contributed by atoms with E-state index in [1.54, 1.807) is 0 Å². The summed E-state index contributed by atoms with van der Waals surface area (Å²) in [6.45, 7) is 2.18. The van der Waals surface area contributed by atoms with Crippen LogP contribution in [0.25, 0.3) is 11.4 Å². The Morgan fingerprint density at radius 1 is 1.19 bits per heavy atom. The minimum absolute atomic E-state index is 0.0594. The lowest BCUT2D eigenvalue weighted by Crippen LogP contribution is -2.13. The van der Waals surface area contributed by atoms with E-state index in [0.717, 1.165) is 22.0 Å². The Kier molecular flexibility index (Phi) is 7.26. The third kappa shape index (κ3) is 5.79. The molecule has 7 heteroatoms. The zero-order valence-corrected chi connectivity index (χ0v) is 17.3. The maximum absolute atomic E-state index is 12.2. The van der Waals surface area contributed by atoms with E-state index in [0.29, 0.717) is 10.8 Å². The van der Waals surface area contributed by atoms with Crippen LogP contribution in [0.5, 0.6) is 0 Å². The van der Waals surface area contributed by atoms with Gasteiger partial charge in [0.2, 0.25) is 5.91 Å². The molecule has 4 nitrogen and oxygen atoms in total. The highest BCUT2D eigenvalue weighted by Crippen LogP contribution is 2.29. The number of thioether (sulfide) groups is 1. The van der Waals surface area contributed by atoms with Crippen LogP contribution in [0, 0.1) is 0 Å². The monoisotopic (exact) mass is 417 g/mol. The standard InChI is InChI=1S/C20H20ClN3OS2/c1-2-3-6-14-9-11-15(12-10-14)22-18(25)13-26-20-23-19(24-27-20)16-7-4-5-8-17(16)21/h4-5,7-12H,2-3,6,13H2,1H3,(H,22,25). The number of hydrogen-bond acceptors (Lipinski definition) is 5. The molecule has 0 atom stereocenters. The smallest absolute Gasteiger partial charge is 0.234 e. The van der Waals surface area contributed by atoms with E-state index in [1.807, 2.05) is 36.4 Å². The van der Waals surface area contributed by atoms with Crippen LogP contribution in [-0.4, -0.2) is 21.0 Å². The van der Waals surface area contributed by atoms with Crippen molar-refractivity contribution < 1.29 is 4.79 Å². The van der Waals surface area contributed by atoms with Gasteiger partial charge < -0.3 is 5.32 Å². The number of anilines is 1. The molecule has 1 heterocycles. The summed E-state index contributed by atoms with van der Waals surface area (Å²) in [7, 11) is 0. The van der Waals surface area contributed by atoms with Gasteiger partial charge in [0.15, 0.2) is 10.2 Å². The second-order valence-electron chi connectivity index (χ2n) is 6.00. The molecule has 3 rings (SSSR count). The van der Waals surface area contributed by atoms with Crippen molar-refractivity contribution in [3.05, 3.63) is 59.1 Å². The highest BCUT2D eigenvalue weighted by atomic mass is 35.5. The van der Waals surface area contributed by atoms with Gasteiger partial charge in [0, 0.05) is 11.3 Å². The highest BCUT2D eigenvalue weighted by Gasteiger charge is 2.11. The van der Waals surface area contributed by atoms with Crippen LogP contribution in [0.2, 0.25) is 5.02 Å². The van der Waals surface area contributed by atoms with Gasteiger partial charge in [-0.2, -0.15) is 4.37 Å². The third-order valence-corrected chi connectivity index (χ3v) is 6.07. The van der Waals surface area contributed by atoms with E-state index in [1.165, 1.54) is 41.7 Å². The minimum Gasteiger partial charge on any atom is -0.325 e. The molecule has 0 saturated carbocycles. The summed E-state index contributed by atoms with van der Waals surface area (Å²) in [4.78, 5) is 16.6. The Hall–Kier alpha value is -1.89.